The Bertz CT molecular complexity index is 1050. The number of carbonyl (C=O) groups excluding carboxylic acids is 1. The fourth-order valence-electron chi connectivity index (χ4n) is 2.66. The number of thiazole rings is 1. The van der Waals surface area contributed by atoms with Crippen LogP contribution in [0.5, 0.6) is 5.75 Å². The number of alkyl halides is 4. The highest BCUT2D eigenvalue weighted by Gasteiger charge is 2.33. The third-order valence-corrected chi connectivity index (χ3v) is 5.48. The van der Waals surface area contributed by atoms with E-state index in [1.165, 1.54) is 26.4 Å². The number of methoxy groups -OCH3 is 2. The van der Waals surface area contributed by atoms with Crippen LogP contribution in [0, 0.1) is 0 Å². The molecule has 2 heterocycles. The molecule has 1 unspecified atom stereocenters. The number of fused-ring (bicyclic) bond motifs is 1. The molecule has 0 saturated heterocycles. The van der Waals surface area contributed by atoms with Gasteiger partial charge in [0, 0.05) is 10.9 Å². The molecule has 0 aliphatic heterocycles. The highest BCUT2D eigenvalue weighted by atomic mass is 79.9. The van der Waals surface area contributed by atoms with Gasteiger partial charge in [-0.3, -0.25) is 0 Å². The topological polar surface area (TPSA) is 61.3 Å². The summed E-state index contributed by atoms with van der Waals surface area (Å²) < 4.78 is 49.2. The van der Waals surface area contributed by atoms with Crippen molar-refractivity contribution in [3.63, 3.8) is 0 Å². The second kappa shape index (κ2) is 7.67. The molecule has 28 heavy (non-hydrogen) atoms. The molecule has 3 aromatic rings. The summed E-state index contributed by atoms with van der Waals surface area (Å²) in [6.07, 6.45) is -4.58. The van der Waals surface area contributed by atoms with Crippen LogP contribution < -0.4 is 4.74 Å². The van der Waals surface area contributed by atoms with Crippen molar-refractivity contribution in [3.8, 4) is 16.3 Å². The van der Waals surface area contributed by atoms with Crippen molar-refractivity contribution in [2.24, 2.45) is 0 Å². The van der Waals surface area contributed by atoms with Crippen LogP contribution in [0.25, 0.3) is 21.5 Å². The molecule has 1 aromatic carbocycles. The average Bonchev–Trinajstić information content (AvgIpc) is 3.10. The van der Waals surface area contributed by atoms with E-state index in [1.54, 1.807) is 6.07 Å². The van der Waals surface area contributed by atoms with Crippen molar-refractivity contribution >= 4 is 44.1 Å². The minimum absolute atomic E-state index is 0.0677. The first kappa shape index (κ1) is 20.5. The minimum atomic E-state index is -4.58. The van der Waals surface area contributed by atoms with E-state index in [0.717, 1.165) is 17.4 Å². The molecule has 0 spiro atoms. The van der Waals surface area contributed by atoms with Crippen LogP contribution in [0.2, 0.25) is 0 Å². The lowest BCUT2D eigenvalue weighted by Crippen LogP contribution is -2.08. The van der Waals surface area contributed by atoms with E-state index >= 15 is 0 Å². The third kappa shape index (κ3) is 3.70. The van der Waals surface area contributed by atoms with Gasteiger partial charge in [0.15, 0.2) is 0 Å². The van der Waals surface area contributed by atoms with Gasteiger partial charge in [-0.2, -0.15) is 13.2 Å². The summed E-state index contributed by atoms with van der Waals surface area (Å²) >= 11 is 4.50. The second-order valence-electron chi connectivity index (χ2n) is 5.75. The number of nitrogens with zero attached hydrogens (tertiary/aromatic N) is 2. The summed E-state index contributed by atoms with van der Waals surface area (Å²) in [5.74, 6) is -0.316. The van der Waals surface area contributed by atoms with Gasteiger partial charge in [-0.05, 0) is 31.2 Å². The molecule has 0 amide bonds. The maximum atomic E-state index is 13.1. The van der Waals surface area contributed by atoms with Gasteiger partial charge >= 0.3 is 12.1 Å². The first-order valence-electron chi connectivity index (χ1n) is 7.95. The summed E-state index contributed by atoms with van der Waals surface area (Å²) in [5, 5.41) is 0.905. The van der Waals surface area contributed by atoms with Crippen molar-refractivity contribution in [3.05, 3.63) is 40.5 Å². The molecular weight excluding hydrogens is 461 g/mol. The maximum absolute atomic E-state index is 13.1. The highest BCUT2D eigenvalue weighted by molar-refractivity contribution is 9.09. The molecule has 0 radical (unpaired) electrons. The van der Waals surface area contributed by atoms with Crippen LogP contribution >= 0.6 is 27.3 Å². The zero-order chi connectivity index (χ0) is 20.6. The largest absolute Gasteiger partial charge is 0.494 e. The number of halogens is 4. The van der Waals surface area contributed by atoms with E-state index < -0.39 is 17.8 Å². The van der Waals surface area contributed by atoms with Crippen molar-refractivity contribution in [1.29, 1.82) is 0 Å². The summed E-state index contributed by atoms with van der Waals surface area (Å²) in [4.78, 5) is 20.4. The zero-order valence-electron chi connectivity index (χ0n) is 14.9. The first-order valence-corrected chi connectivity index (χ1v) is 9.69. The number of pyridine rings is 1. The van der Waals surface area contributed by atoms with Crippen LogP contribution in [-0.2, 0) is 10.9 Å². The van der Waals surface area contributed by atoms with E-state index in [-0.39, 0.29) is 16.1 Å². The van der Waals surface area contributed by atoms with E-state index in [0.29, 0.717) is 26.5 Å². The number of carbonyl (C=O) groups is 1. The molecule has 10 heteroatoms. The molecule has 2 aromatic heterocycles. The number of benzene rings is 1. The van der Waals surface area contributed by atoms with Gasteiger partial charge in [-0.1, -0.05) is 15.9 Å². The van der Waals surface area contributed by atoms with Gasteiger partial charge in [0.05, 0.1) is 24.7 Å². The molecule has 5 nitrogen and oxygen atoms in total. The molecule has 0 N–H and O–H groups in total. The molecule has 3 rings (SSSR count). The summed E-state index contributed by atoms with van der Waals surface area (Å²) in [5.41, 5.74) is 0.0972. The predicted octanol–water partition coefficient (Wildman–Crippen LogP) is 5.63. The molecule has 0 aliphatic carbocycles. The SMILES string of the molecule is COC(=O)c1sc(-c2ccc(OC)c3nc(C(F)(F)F)ccc23)nc1C(C)Br. The van der Waals surface area contributed by atoms with Crippen molar-refractivity contribution < 1.29 is 27.4 Å². The Hall–Kier alpha value is -2.20. The second-order valence-corrected chi connectivity index (χ2v) is 8.12. The number of ether oxygens (including phenoxy) is 2. The zero-order valence-corrected chi connectivity index (χ0v) is 17.3. The van der Waals surface area contributed by atoms with E-state index in [4.69, 9.17) is 9.47 Å². The van der Waals surface area contributed by atoms with Crippen molar-refractivity contribution in [2.45, 2.75) is 17.9 Å². The Balaban J connectivity index is 2.26. The lowest BCUT2D eigenvalue weighted by Gasteiger charge is -2.11. The molecule has 0 aliphatic rings. The minimum Gasteiger partial charge on any atom is -0.494 e. The van der Waals surface area contributed by atoms with Crippen LogP contribution in [0.4, 0.5) is 13.2 Å². The Labute approximate surface area is 170 Å². The first-order chi connectivity index (χ1) is 13.2. The number of aromatic nitrogens is 2. The Morgan fingerprint density at radius 3 is 2.46 bits per heavy atom. The number of rotatable bonds is 4. The molecule has 0 saturated carbocycles. The Morgan fingerprint density at radius 2 is 1.89 bits per heavy atom. The molecule has 148 valence electrons. The summed E-state index contributed by atoms with van der Waals surface area (Å²) in [7, 11) is 2.63. The van der Waals surface area contributed by atoms with E-state index in [1.807, 2.05) is 6.92 Å². The van der Waals surface area contributed by atoms with Crippen LogP contribution in [0.3, 0.4) is 0 Å². The lowest BCUT2D eigenvalue weighted by molar-refractivity contribution is -0.140. The lowest BCUT2D eigenvalue weighted by atomic mass is 10.1. The standard InChI is InChI=1S/C18H14BrF3N2O3S/c1-8(19)13-15(17(25)27-3)28-16(24-13)10-4-6-11(26-2)14-9(10)5-7-12(23-14)18(20,21)22/h4-8H,1-3H3. The fraction of sp³-hybridized carbons (Fsp3) is 0.278. The normalized spacial score (nSPS) is 12.8. The van der Waals surface area contributed by atoms with Gasteiger partial charge in [0.25, 0.3) is 0 Å². The quantitative estimate of drug-likeness (QED) is 0.362. The molecule has 0 fully saturated rings. The van der Waals surface area contributed by atoms with Gasteiger partial charge in [0.2, 0.25) is 0 Å². The Kier molecular flexibility index (Phi) is 5.62. The summed E-state index contributed by atoms with van der Waals surface area (Å²) in [6.45, 7) is 1.81. The van der Waals surface area contributed by atoms with E-state index in [2.05, 4.69) is 25.9 Å². The smallest absolute Gasteiger partial charge is 0.433 e. The monoisotopic (exact) mass is 474 g/mol. The van der Waals surface area contributed by atoms with Crippen LogP contribution in [0.15, 0.2) is 24.3 Å². The third-order valence-electron chi connectivity index (χ3n) is 3.96. The van der Waals surface area contributed by atoms with E-state index in [9.17, 15) is 18.0 Å². The maximum Gasteiger partial charge on any atom is 0.433 e. The molecular formula is C18H14BrF3N2O3S. The molecule has 0 bridgehead atoms. The Morgan fingerprint density at radius 1 is 1.18 bits per heavy atom. The van der Waals surface area contributed by atoms with Gasteiger partial charge in [-0.15, -0.1) is 11.3 Å². The van der Waals surface area contributed by atoms with Crippen molar-refractivity contribution in [2.75, 3.05) is 14.2 Å². The fourth-order valence-corrected chi connectivity index (χ4v) is 4.26. The van der Waals surface area contributed by atoms with Gasteiger partial charge in [-0.25, -0.2) is 14.8 Å². The van der Waals surface area contributed by atoms with Crippen LogP contribution in [-0.4, -0.2) is 30.2 Å². The van der Waals surface area contributed by atoms with Crippen molar-refractivity contribution in [1.82, 2.24) is 9.97 Å². The predicted molar refractivity (Wildman–Crippen MR) is 103 cm³/mol. The van der Waals surface area contributed by atoms with Gasteiger partial charge < -0.3 is 9.47 Å². The number of hydrogen-bond acceptors (Lipinski definition) is 6. The average molecular weight is 475 g/mol. The van der Waals surface area contributed by atoms with Crippen LogP contribution in [0.1, 0.15) is 32.8 Å². The summed E-state index contributed by atoms with van der Waals surface area (Å²) in [6, 6.07) is 5.45. The highest BCUT2D eigenvalue weighted by Crippen LogP contribution is 2.40. The molecule has 1 atom stereocenters. The van der Waals surface area contributed by atoms with Gasteiger partial charge in [0.1, 0.15) is 26.8 Å². The number of esters is 1. The number of hydrogen-bond donors (Lipinski definition) is 0.